The Labute approximate surface area is 165 Å². The molecule has 6 heteroatoms. The lowest BCUT2D eigenvalue weighted by atomic mass is 9.86. The maximum Gasteiger partial charge on any atom is 0.323 e. The van der Waals surface area contributed by atoms with Crippen LogP contribution in [0.4, 0.5) is 10.6 Å². The molecule has 0 bridgehead atoms. The number of aryl methyl sites for hydroxylation is 1. The molecule has 146 valence electrons. The van der Waals surface area contributed by atoms with Gasteiger partial charge in [0.15, 0.2) is 0 Å². The molecule has 3 aromatic heterocycles. The normalized spacial score (nSPS) is 18.6. The van der Waals surface area contributed by atoms with E-state index in [2.05, 4.69) is 47.1 Å². The largest absolute Gasteiger partial charge is 0.346 e. The van der Waals surface area contributed by atoms with E-state index in [4.69, 9.17) is 0 Å². The van der Waals surface area contributed by atoms with Gasteiger partial charge in [0.25, 0.3) is 0 Å². The van der Waals surface area contributed by atoms with Crippen molar-refractivity contribution in [2.24, 2.45) is 5.41 Å². The van der Waals surface area contributed by atoms with Crippen molar-refractivity contribution in [2.75, 3.05) is 11.9 Å². The lowest BCUT2D eigenvalue weighted by molar-refractivity contribution is 0.189. The highest BCUT2D eigenvalue weighted by molar-refractivity contribution is 5.89. The number of pyridine rings is 2. The molecule has 0 radical (unpaired) electrons. The van der Waals surface area contributed by atoms with Crippen LogP contribution in [0.25, 0.3) is 11.0 Å². The molecule has 1 aliphatic heterocycles. The van der Waals surface area contributed by atoms with Gasteiger partial charge in [0.2, 0.25) is 0 Å². The molecule has 0 aromatic carbocycles. The molecular formula is C22H27N5O. The van der Waals surface area contributed by atoms with Crippen molar-refractivity contribution in [3.05, 3.63) is 53.5 Å². The summed E-state index contributed by atoms with van der Waals surface area (Å²) in [6, 6.07) is 8.10. The van der Waals surface area contributed by atoms with Crippen LogP contribution in [0.3, 0.4) is 0 Å². The fourth-order valence-corrected chi connectivity index (χ4v) is 3.90. The molecule has 3 aromatic rings. The fourth-order valence-electron chi connectivity index (χ4n) is 3.90. The lowest BCUT2D eigenvalue weighted by Crippen LogP contribution is -2.41. The molecule has 2 N–H and O–H groups in total. The first kappa shape index (κ1) is 18.5. The van der Waals surface area contributed by atoms with E-state index < -0.39 is 0 Å². The summed E-state index contributed by atoms with van der Waals surface area (Å²) < 4.78 is 0. The van der Waals surface area contributed by atoms with Gasteiger partial charge in [-0.3, -0.25) is 5.32 Å². The Morgan fingerprint density at radius 2 is 2.14 bits per heavy atom. The van der Waals surface area contributed by atoms with Gasteiger partial charge in [0, 0.05) is 42.5 Å². The third-order valence-electron chi connectivity index (χ3n) is 6.20. The minimum absolute atomic E-state index is 0.0690. The summed E-state index contributed by atoms with van der Waals surface area (Å²) in [6.45, 7) is 9.31. The van der Waals surface area contributed by atoms with Gasteiger partial charge in [-0.2, -0.15) is 0 Å². The van der Waals surface area contributed by atoms with Gasteiger partial charge >= 0.3 is 6.03 Å². The van der Waals surface area contributed by atoms with Gasteiger partial charge in [-0.1, -0.05) is 19.9 Å². The lowest BCUT2D eigenvalue weighted by Gasteiger charge is -2.29. The number of H-pyrrole nitrogens is 1. The Balaban J connectivity index is 1.48. The van der Waals surface area contributed by atoms with Gasteiger partial charge in [0.1, 0.15) is 11.5 Å². The third kappa shape index (κ3) is 3.35. The molecule has 2 amide bonds. The number of aromatic nitrogens is 3. The molecule has 0 aliphatic carbocycles. The number of rotatable bonds is 3. The van der Waals surface area contributed by atoms with E-state index in [1.807, 2.05) is 36.2 Å². The Kier molecular flexibility index (Phi) is 4.57. The first-order chi connectivity index (χ1) is 13.3. The van der Waals surface area contributed by atoms with E-state index >= 15 is 0 Å². The van der Waals surface area contributed by atoms with E-state index in [1.54, 1.807) is 6.20 Å². The summed E-state index contributed by atoms with van der Waals surface area (Å²) in [7, 11) is 0. The Morgan fingerprint density at radius 1 is 1.32 bits per heavy atom. The van der Waals surface area contributed by atoms with Crippen LogP contribution in [0.15, 0.2) is 36.7 Å². The predicted molar refractivity (Wildman–Crippen MR) is 111 cm³/mol. The van der Waals surface area contributed by atoms with Crippen molar-refractivity contribution in [2.45, 2.75) is 46.6 Å². The van der Waals surface area contributed by atoms with Gasteiger partial charge < -0.3 is 9.88 Å². The van der Waals surface area contributed by atoms with Crippen LogP contribution in [0, 0.1) is 12.3 Å². The minimum atomic E-state index is -0.0690. The van der Waals surface area contributed by atoms with E-state index in [0.717, 1.165) is 41.7 Å². The minimum Gasteiger partial charge on any atom is -0.346 e. The maximum atomic E-state index is 12.7. The monoisotopic (exact) mass is 377 g/mol. The zero-order valence-corrected chi connectivity index (χ0v) is 16.9. The molecule has 28 heavy (non-hydrogen) atoms. The summed E-state index contributed by atoms with van der Waals surface area (Å²) in [5.41, 5.74) is 4.30. The first-order valence-electron chi connectivity index (χ1n) is 9.80. The number of hydrogen-bond acceptors (Lipinski definition) is 3. The number of anilines is 1. The third-order valence-corrected chi connectivity index (χ3v) is 6.20. The van der Waals surface area contributed by atoms with Crippen LogP contribution in [0.1, 0.15) is 44.0 Å². The van der Waals surface area contributed by atoms with Crippen LogP contribution in [0.2, 0.25) is 0 Å². The van der Waals surface area contributed by atoms with Gasteiger partial charge in [-0.15, -0.1) is 0 Å². The molecule has 1 fully saturated rings. The molecule has 0 saturated carbocycles. The number of nitrogens with zero attached hydrogens (tertiary/aromatic N) is 3. The average molecular weight is 377 g/mol. The van der Waals surface area contributed by atoms with Crippen molar-refractivity contribution in [1.29, 1.82) is 0 Å². The molecule has 1 saturated heterocycles. The highest BCUT2D eigenvalue weighted by Gasteiger charge is 2.39. The van der Waals surface area contributed by atoms with Crippen LogP contribution in [-0.4, -0.2) is 38.5 Å². The van der Waals surface area contributed by atoms with Crippen molar-refractivity contribution >= 4 is 22.9 Å². The predicted octanol–water partition coefficient (Wildman–Crippen LogP) is 4.51. The number of urea groups is 1. The van der Waals surface area contributed by atoms with E-state index in [0.29, 0.717) is 5.82 Å². The van der Waals surface area contributed by atoms with Crippen molar-refractivity contribution in [3.8, 4) is 0 Å². The SMILES string of the molecule is Cc1nc(NC(=O)N2CCC(C)(C)C2C)ccc1Cc1c[nH]c2ncccc12. The van der Waals surface area contributed by atoms with Crippen LogP contribution in [-0.2, 0) is 6.42 Å². The summed E-state index contributed by atoms with van der Waals surface area (Å²) >= 11 is 0. The van der Waals surface area contributed by atoms with E-state index in [-0.39, 0.29) is 17.5 Å². The number of nitrogens with one attached hydrogen (secondary N) is 2. The summed E-state index contributed by atoms with van der Waals surface area (Å²) in [6.07, 6.45) is 5.58. The molecule has 1 aliphatic rings. The Bertz CT molecular complexity index is 1020. The van der Waals surface area contributed by atoms with Gasteiger partial charge in [-0.25, -0.2) is 14.8 Å². The molecule has 4 heterocycles. The molecule has 1 unspecified atom stereocenters. The zero-order chi connectivity index (χ0) is 19.9. The summed E-state index contributed by atoms with van der Waals surface area (Å²) in [5, 5.41) is 4.10. The zero-order valence-electron chi connectivity index (χ0n) is 16.9. The number of amides is 2. The molecule has 4 rings (SSSR count). The second kappa shape index (κ2) is 6.93. The first-order valence-corrected chi connectivity index (χ1v) is 9.80. The Hall–Kier alpha value is -2.89. The molecule has 1 atom stereocenters. The second-order valence-electron chi connectivity index (χ2n) is 8.37. The highest BCUT2D eigenvalue weighted by atomic mass is 16.2. The topological polar surface area (TPSA) is 73.9 Å². The smallest absolute Gasteiger partial charge is 0.323 e. The summed E-state index contributed by atoms with van der Waals surface area (Å²) in [4.78, 5) is 26.8. The Morgan fingerprint density at radius 3 is 2.86 bits per heavy atom. The number of fused-ring (bicyclic) bond motifs is 1. The number of likely N-dealkylation sites (tertiary alicyclic amines) is 1. The molecular weight excluding hydrogens is 350 g/mol. The van der Waals surface area contributed by atoms with Crippen molar-refractivity contribution < 1.29 is 4.79 Å². The van der Waals surface area contributed by atoms with Gasteiger partial charge in [0.05, 0.1) is 0 Å². The average Bonchev–Trinajstić information content (AvgIpc) is 3.18. The molecule has 6 nitrogen and oxygen atoms in total. The van der Waals surface area contributed by atoms with E-state index in [1.165, 1.54) is 5.56 Å². The van der Waals surface area contributed by atoms with Gasteiger partial charge in [-0.05, 0) is 55.0 Å². The van der Waals surface area contributed by atoms with Crippen LogP contribution >= 0.6 is 0 Å². The fraction of sp³-hybridized carbons (Fsp3) is 0.409. The standard InChI is InChI=1S/C22H27N5O/c1-14-16(12-17-13-24-20-18(17)6-5-10-23-20)7-8-19(25-14)26-21(28)27-11-9-22(3,4)15(27)2/h5-8,10,13,15H,9,11-12H2,1-4H3,(H,23,24)(H,25,26,28). The van der Waals surface area contributed by atoms with E-state index in [9.17, 15) is 4.79 Å². The van der Waals surface area contributed by atoms with Crippen LogP contribution in [0.5, 0.6) is 0 Å². The highest BCUT2D eigenvalue weighted by Crippen LogP contribution is 2.35. The molecule has 0 spiro atoms. The maximum absolute atomic E-state index is 12.7. The number of carbonyl (C=O) groups is 1. The number of hydrogen-bond donors (Lipinski definition) is 2. The van der Waals surface area contributed by atoms with Crippen molar-refractivity contribution in [1.82, 2.24) is 19.9 Å². The van der Waals surface area contributed by atoms with Crippen molar-refractivity contribution in [3.63, 3.8) is 0 Å². The number of aromatic amines is 1. The number of carbonyl (C=O) groups excluding carboxylic acids is 1. The second-order valence-corrected chi connectivity index (χ2v) is 8.37. The van der Waals surface area contributed by atoms with Crippen LogP contribution < -0.4 is 5.32 Å². The quantitative estimate of drug-likeness (QED) is 0.705. The summed E-state index contributed by atoms with van der Waals surface area (Å²) in [5.74, 6) is 0.601.